The molecule has 0 N–H and O–H groups in total. The molecule has 0 atom stereocenters. The van der Waals surface area contributed by atoms with E-state index in [1.165, 1.54) is 10.5 Å². The first-order valence-electron chi connectivity index (χ1n) is 11.0. The number of likely N-dealkylation sites (N-methyl/N-ethyl adjacent to an activating group) is 1. The average molecular weight is 616 g/mol. The number of benzene rings is 3. The standard InChI is InChI=1S/C27H24Br2N2O3S/c1-4-33-21-11-9-20(10-12-21)31-26(32)24(30(3)27(31)35)15-19-13-22(28)25(23(29)14-19)34-16-18-7-5-17(2)6-8-18/h5-15H,4,16H2,1-3H3/b24-15-. The number of aryl methyl sites for hydroxylation is 1. The van der Waals surface area contributed by atoms with Gasteiger partial charge in [0.15, 0.2) is 5.11 Å². The van der Waals surface area contributed by atoms with Gasteiger partial charge in [0.2, 0.25) is 0 Å². The Kier molecular flexibility index (Phi) is 7.94. The second-order valence-electron chi connectivity index (χ2n) is 8.03. The van der Waals surface area contributed by atoms with Gasteiger partial charge in [0, 0.05) is 7.05 Å². The number of ether oxygens (including phenoxy) is 2. The summed E-state index contributed by atoms with van der Waals surface area (Å²) >= 11 is 12.8. The molecule has 1 fully saturated rings. The number of carbonyl (C=O) groups excluding carboxylic acids is 1. The molecule has 0 aromatic heterocycles. The molecule has 1 heterocycles. The summed E-state index contributed by atoms with van der Waals surface area (Å²) in [6.07, 6.45) is 1.82. The van der Waals surface area contributed by atoms with E-state index in [4.69, 9.17) is 21.7 Å². The smallest absolute Gasteiger partial charge is 0.281 e. The Morgan fingerprint density at radius 2 is 1.60 bits per heavy atom. The number of thiocarbonyl (C=S) groups is 1. The molecule has 1 saturated heterocycles. The van der Waals surface area contributed by atoms with Crippen LogP contribution in [0.25, 0.3) is 6.08 Å². The van der Waals surface area contributed by atoms with Crippen molar-refractivity contribution >= 4 is 66.9 Å². The highest BCUT2D eigenvalue weighted by Gasteiger charge is 2.36. The van der Waals surface area contributed by atoms with E-state index in [0.29, 0.717) is 35.5 Å². The molecule has 1 aliphatic heterocycles. The first-order valence-corrected chi connectivity index (χ1v) is 13.0. The monoisotopic (exact) mass is 614 g/mol. The number of nitrogens with zero attached hydrogens (tertiary/aromatic N) is 2. The molecule has 4 rings (SSSR count). The SMILES string of the molecule is CCOc1ccc(N2C(=O)/C(=C/c3cc(Br)c(OCc4ccc(C)cc4)c(Br)c3)N(C)C2=S)cc1. The zero-order valence-electron chi connectivity index (χ0n) is 19.5. The van der Waals surface area contributed by atoms with Crippen molar-refractivity contribution in [2.45, 2.75) is 20.5 Å². The van der Waals surface area contributed by atoms with Crippen LogP contribution in [0.1, 0.15) is 23.6 Å². The van der Waals surface area contributed by atoms with Crippen molar-refractivity contribution in [2.75, 3.05) is 18.6 Å². The van der Waals surface area contributed by atoms with Gasteiger partial charge in [-0.05, 0) is 112 Å². The van der Waals surface area contributed by atoms with Gasteiger partial charge in [0.05, 0.1) is 21.2 Å². The van der Waals surface area contributed by atoms with E-state index in [-0.39, 0.29) is 5.91 Å². The Bertz CT molecular complexity index is 1270. The van der Waals surface area contributed by atoms with E-state index in [1.54, 1.807) is 11.9 Å². The van der Waals surface area contributed by atoms with Crippen LogP contribution in [0.3, 0.4) is 0 Å². The lowest BCUT2D eigenvalue weighted by molar-refractivity contribution is -0.114. The lowest BCUT2D eigenvalue weighted by atomic mass is 10.1. The van der Waals surface area contributed by atoms with Crippen molar-refractivity contribution in [1.82, 2.24) is 4.90 Å². The average Bonchev–Trinajstić information content (AvgIpc) is 3.03. The van der Waals surface area contributed by atoms with Crippen LogP contribution in [0.2, 0.25) is 0 Å². The van der Waals surface area contributed by atoms with E-state index in [1.807, 2.05) is 49.4 Å². The fourth-order valence-electron chi connectivity index (χ4n) is 3.64. The second kappa shape index (κ2) is 10.9. The molecule has 3 aromatic rings. The van der Waals surface area contributed by atoms with Crippen LogP contribution in [0, 0.1) is 6.92 Å². The number of hydrogen-bond donors (Lipinski definition) is 0. The summed E-state index contributed by atoms with van der Waals surface area (Å²) in [5.74, 6) is 1.26. The highest BCUT2D eigenvalue weighted by Crippen LogP contribution is 2.37. The van der Waals surface area contributed by atoms with Crippen molar-refractivity contribution in [3.05, 3.63) is 92.0 Å². The van der Waals surface area contributed by atoms with Gasteiger partial charge in [-0.2, -0.15) is 0 Å². The van der Waals surface area contributed by atoms with Crippen molar-refractivity contribution in [2.24, 2.45) is 0 Å². The van der Waals surface area contributed by atoms with Crippen LogP contribution >= 0.6 is 44.1 Å². The van der Waals surface area contributed by atoms with Crippen LogP contribution in [-0.2, 0) is 11.4 Å². The molecule has 180 valence electrons. The van der Waals surface area contributed by atoms with Crippen molar-refractivity contribution < 1.29 is 14.3 Å². The van der Waals surface area contributed by atoms with Crippen molar-refractivity contribution in [3.63, 3.8) is 0 Å². The maximum absolute atomic E-state index is 13.3. The van der Waals surface area contributed by atoms with E-state index < -0.39 is 0 Å². The second-order valence-corrected chi connectivity index (χ2v) is 10.1. The highest BCUT2D eigenvalue weighted by molar-refractivity contribution is 9.11. The number of amides is 1. The third-order valence-corrected chi connectivity index (χ3v) is 7.13. The number of anilines is 1. The Labute approximate surface area is 227 Å². The van der Waals surface area contributed by atoms with Gasteiger partial charge in [-0.15, -0.1) is 0 Å². The maximum atomic E-state index is 13.3. The Balaban J connectivity index is 1.55. The summed E-state index contributed by atoms with van der Waals surface area (Å²) in [5.41, 5.74) is 4.30. The summed E-state index contributed by atoms with van der Waals surface area (Å²) in [7, 11) is 1.80. The normalized spacial score (nSPS) is 14.7. The Morgan fingerprint density at radius 3 is 2.20 bits per heavy atom. The summed E-state index contributed by atoms with van der Waals surface area (Å²) in [6, 6.07) is 19.4. The quantitative estimate of drug-likeness (QED) is 0.209. The summed E-state index contributed by atoms with van der Waals surface area (Å²) in [5, 5.41) is 0.418. The minimum Gasteiger partial charge on any atom is -0.494 e. The topological polar surface area (TPSA) is 42.0 Å². The van der Waals surface area contributed by atoms with E-state index in [9.17, 15) is 4.79 Å². The molecular weight excluding hydrogens is 592 g/mol. The van der Waals surface area contributed by atoms with Gasteiger partial charge < -0.3 is 14.4 Å². The number of hydrogen-bond acceptors (Lipinski definition) is 4. The largest absolute Gasteiger partial charge is 0.494 e. The molecule has 0 unspecified atom stereocenters. The molecule has 3 aromatic carbocycles. The third kappa shape index (κ3) is 5.60. The predicted molar refractivity (Wildman–Crippen MR) is 151 cm³/mol. The van der Waals surface area contributed by atoms with Crippen molar-refractivity contribution in [1.29, 1.82) is 0 Å². The Morgan fingerprint density at radius 1 is 0.971 bits per heavy atom. The van der Waals surface area contributed by atoms with Crippen LogP contribution in [-0.4, -0.2) is 29.6 Å². The van der Waals surface area contributed by atoms with Crippen LogP contribution < -0.4 is 14.4 Å². The summed E-state index contributed by atoms with van der Waals surface area (Å²) in [6.45, 7) is 5.02. The van der Waals surface area contributed by atoms with Gasteiger partial charge in [-0.25, -0.2) is 0 Å². The van der Waals surface area contributed by atoms with Gasteiger partial charge in [-0.1, -0.05) is 29.8 Å². The number of carbonyl (C=O) groups is 1. The van der Waals surface area contributed by atoms with Gasteiger partial charge >= 0.3 is 0 Å². The molecule has 1 aliphatic rings. The molecule has 5 nitrogen and oxygen atoms in total. The molecule has 0 spiro atoms. The lowest BCUT2D eigenvalue weighted by Crippen LogP contribution is -2.31. The zero-order valence-corrected chi connectivity index (χ0v) is 23.5. The highest BCUT2D eigenvalue weighted by atomic mass is 79.9. The van der Waals surface area contributed by atoms with E-state index >= 15 is 0 Å². The minimum absolute atomic E-state index is 0.186. The van der Waals surface area contributed by atoms with Crippen molar-refractivity contribution in [3.8, 4) is 11.5 Å². The van der Waals surface area contributed by atoms with Gasteiger partial charge in [-0.3, -0.25) is 9.69 Å². The molecule has 0 saturated carbocycles. The summed E-state index contributed by atoms with van der Waals surface area (Å²) < 4.78 is 13.1. The lowest BCUT2D eigenvalue weighted by Gasteiger charge is -2.16. The molecule has 1 amide bonds. The number of halogens is 2. The first kappa shape index (κ1) is 25.4. The van der Waals surface area contributed by atoms with Crippen LogP contribution in [0.5, 0.6) is 11.5 Å². The third-order valence-electron chi connectivity index (χ3n) is 5.50. The van der Waals surface area contributed by atoms with E-state index in [0.717, 1.165) is 25.8 Å². The van der Waals surface area contributed by atoms with Crippen LogP contribution in [0.4, 0.5) is 5.69 Å². The molecular formula is C27H24Br2N2O3S. The van der Waals surface area contributed by atoms with Gasteiger partial charge in [0.25, 0.3) is 5.91 Å². The summed E-state index contributed by atoms with van der Waals surface area (Å²) in [4.78, 5) is 16.6. The zero-order chi connectivity index (χ0) is 25.1. The Hall–Kier alpha value is -2.68. The van der Waals surface area contributed by atoms with Gasteiger partial charge in [0.1, 0.15) is 23.8 Å². The first-order chi connectivity index (χ1) is 16.8. The minimum atomic E-state index is -0.186. The fourth-order valence-corrected chi connectivity index (χ4v) is 5.38. The molecule has 0 radical (unpaired) electrons. The van der Waals surface area contributed by atoms with E-state index in [2.05, 4.69) is 63.0 Å². The molecule has 8 heteroatoms. The maximum Gasteiger partial charge on any atom is 0.281 e. The number of rotatable bonds is 7. The van der Waals surface area contributed by atoms with Crippen LogP contribution in [0.15, 0.2) is 75.3 Å². The molecule has 0 aliphatic carbocycles. The predicted octanol–water partition coefficient (Wildman–Crippen LogP) is 7.10. The molecule has 0 bridgehead atoms. The molecule has 35 heavy (non-hydrogen) atoms. The fraction of sp³-hybridized carbons (Fsp3) is 0.185.